The molecule has 0 aromatic carbocycles. The van der Waals surface area contributed by atoms with Crippen LogP contribution in [0.5, 0.6) is 11.5 Å². The third-order valence-corrected chi connectivity index (χ3v) is 5.21. The molecular weight excluding hydrogens is 304 g/mol. The molecule has 0 atom stereocenters. The Kier molecular flexibility index (Phi) is 3.04. The lowest BCUT2D eigenvalue weighted by atomic mass is 9.90. The second kappa shape index (κ2) is 5.26. The molecule has 2 bridgehead atoms. The number of nitrogens with zero attached hydrogens (tertiary/aromatic N) is 4. The van der Waals surface area contributed by atoms with Crippen LogP contribution in [0.3, 0.4) is 0 Å². The van der Waals surface area contributed by atoms with E-state index in [1.807, 2.05) is 6.20 Å². The van der Waals surface area contributed by atoms with Crippen LogP contribution in [0.2, 0.25) is 0 Å². The van der Waals surface area contributed by atoms with E-state index in [1.54, 1.807) is 11.1 Å². The Hall–Kier alpha value is -2.50. The molecule has 6 heteroatoms. The lowest BCUT2D eigenvalue weighted by Gasteiger charge is -2.29. The maximum absolute atomic E-state index is 12.0. The van der Waals surface area contributed by atoms with Crippen LogP contribution >= 0.6 is 0 Å². The molecule has 0 saturated carbocycles. The number of hydrogen-bond donors (Lipinski definition) is 0. The highest BCUT2D eigenvalue weighted by Gasteiger charge is 2.34. The van der Waals surface area contributed by atoms with Crippen LogP contribution in [-0.2, 0) is 24.1 Å². The highest BCUT2D eigenvalue weighted by molar-refractivity contribution is 5.96. The molecule has 1 saturated heterocycles. The normalized spacial score (nSPS) is 18.2. The summed E-state index contributed by atoms with van der Waals surface area (Å²) in [6.07, 6.45) is 10.4. The summed E-state index contributed by atoms with van der Waals surface area (Å²) in [6, 6.07) is 0. The van der Waals surface area contributed by atoms with Gasteiger partial charge in [-0.25, -0.2) is 4.98 Å². The maximum atomic E-state index is 12.0. The smallest absolute Gasteiger partial charge is 0.228 e. The molecular formula is C18H18N4O2. The standard InChI is InChI=1S/C18H18N4O2/c23-16-6-3-7-22(16)18-17-13(15(24-17)10-19-18)8-14-12-5-2-1-4-11(12)9-20-21-14/h9-10H,1-8H2. The van der Waals surface area contributed by atoms with Crippen LogP contribution in [0, 0.1) is 0 Å². The largest absolute Gasteiger partial charge is 0.451 e. The average Bonchev–Trinajstić information content (AvgIpc) is 3.05. The first-order valence-corrected chi connectivity index (χ1v) is 8.63. The molecule has 2 aromatic rings. The summed E-state index contributed by atoms with van der Waals surface area (Å²) in [7, 11) is 0. The SMILES string of the molecule is O=C1CCCN1c1ncc2c(Cc3nncc4c3CCCC4)c1O2. The van der Waals surface area contributed by atoms with Gasteiger partial charge in [0.1, 0.15) is 0 Å². The lowest BCUT2D eigenvalue weighted by Crippen LogP contribution is -2.27. The average molecular weight is 322 g/mol. The van der Waals surface area contributed by atoms with Gasteiger partial charge in [-0.2, -0.15) is 10.2 Å². The van der Waals surface area contributed by atoms with E-state index < -0.39 is 0 Å². The molecule has 1 aliphatic carbocycles. The van der Waals surface area contributed by atoms with Crippen LogP contribution in [0.25, 0.3) is 0 Å². The van der Waals surface area contributed by atoms with Crippen molar-refractivity contribution >= 4 is 11.7 Å². The fraction of sp³-hybridized carbons (Fsp3) is 0.444. The minimum absolute atomic E-state index is 0.129. The maximum Gasteiger partial charge on any atom is 0.228 e. The zero-order valence-corrected chi connectivity index (χ0v) is 13.4. The van der Waals surface area contributed by atoms with Crippen LogP contribution in [0.4, 0.5) is 5.82 Å². The Morgan fingerprint density at radius 2 is 2.04 bits per heavy atom. The van der Waals surface area contributed by atoms with Gasteiger partial charge in [0.15, 0.2) is 17.3 Å². The summed E-state index contributed by atoms with van der Waals surface area (Å²) in [5.74, 6) is 2.35. The molecule has 0 unspecified atom stereocenters. The fourth-order valence-electron chi connectivity index (χ4n) is 3.93. The topological polar surface area (TPSA) is 68.2 Å². The van der Waals surface area contributed by atoms with Gasteiger partial charge in [-0.3, -0.25) is 9.69 Å². The van der Waals surface area contributed by atoms with Gasteiger partial charge < -0.3 is 4.74 Å². The molecule has 1 amide bonds. The number of aromatic nitrogens is 3. The fourth-order valence-corrected chi connectivity index (χ4v) is 3.93. The van der Waals surface area contributed by atoms with E-state index in [0.717, 1.165) is 48.6 Å². The van der Waals surface area contributed by atoms with Gasteiger partial charge in [-0.15, -0.1) is 0 Å². The summed E-state index contributed by atoms with van der Waals surface area (Å²) < 4.78 is 5.75. The van der Waals surface area contributed by atoms with Crippen LogP contribution in [0.1, 0.15) is 48.1 Å². The number of anilines is 1. The Morgan fingerprint density at radius 1 is 1.12 bits per heavy atom. The van der Waals surface area contributed by atoms with Crippen LogP contribution in [-0.4, -0.2) is 27.6 Å². The number of pyridine rings is 1. The first-order valence-electron chi connectivity index (χ1n) is 8.63. The molecule has 6 rings (SSSR count). The third-order valence-electron chi connectivity index (χ3n) is 5.21. The van der Waals surface area contributed by atoms with Gasteiger partial charge >= 0.3 is 0 Å². The minimum Gasteiger partial charge on any atom is -0.451 e. The van der Waals surface area contributed by atoms with Crippen molar-refractivity contribution in [1.29, 1.82) is 0 Å². The number of amides is 1. The number of rotatable bonds is 3. The molecule has 2 aromatic heterocycles. The molecule has 0 spiro atoms. The number of carbonyl (C=O) groups is 1. The predicted molar refractivity (Wildman–Crippen MR) is 87.4 cm³/mol. The lowest BCUT2D eigenvalue weighted by molar-refractivity contribution is -0.117. The van der Waals surface area contributed by atoms with Crippen molar-refractivity contribution < 1.29 is 9.53 Å². The van der Waals surface area contributed by atoms with Crippen molar-refractivity contribution in [2.24, 2.45) is 0 Å². The molecule has 0 N–H and O–H groups in total. The Balaban J connectivity index is 1.51. The van der Waals surface area contributed by atoms with Gasteiger partial charge in [-0.1, -0.05) is 0 Å². The third kappa shape index (κ3) is 2.02. The highest BCUT2D eigenvalue weighted by Crippen LogP contribution is 2.49. The van der Waals surface area contributed by atoms with E-state index in [1.165, 1.54) is 24.0 Å². The van der Waals surface area contributed by atoms with Gasteiger partial charge in [0.2, 0.25) is 5.91 Å². The van der Waals surface area contributed by atoms with Crippen molar-refractivity contribution in [3.05, 3.63) is 34.8 Å². The molecule has 5 heterocycles. The molecule has 3 aliphatic heterocycles. The number of aryl methyl sites for hydroxylation is 1. The summed E-state index contributed by atoms with van der Waals surface area (Å²) in [6.45, 7) is 0.724. The summed E-state index contributed by atoms with van der Waals surface area (Å²) in [5, 5.41) is 8.58. The molecule has 1 fully saturated rings. The monoisotopic (exact) mass is 322 g/mol. The number of fused-ring (bicyclic) bond motifs is 3. The number of carbonyl (C=O) groups excluding carboxylic acids is 1. The van der Waals surface area contributed by atoms with E-state index in [4.69, 9.17) is 4.74 Å². The van der Waals surface area contributed by atoms with Crippen molar-refractivity contribution in [3.8, 4) is 11.5 Å². The van der Waals surface area contributed by atoms with Crippen molar-refractivity contribution in [1.82, 2.24) is 15.2 Å². The number of hydrogen-bond acceptors (Lipinski definition) is 5. The first kappa shape index (κ1) is 13.9. The zero-order valence-electron chi connectivity index (χ0n) is 13.4. The molecule has 24 heavy (non-hydrogen) atoms. The second-order valence-corrected chi connectivity index (χ2v) is 6.68. The molecule has 0 radical (unpaired) electrons. The van der Waals surface area contributed by atoms with E-state index in [9.17, 15) is 4.79 Å². The second-order valence-electron chi connectivity index (χ2n) is 6.68. The highest BCUT2D eigenvalue weighted by atomic mass is 16.5. The van der Waals surface area contributed by atoms with E-state index in [0.29, 0.717) is 18.7 Å². The molecule has 4 aliphatic rings. The van der Waals surface area contributed by atoms with Gasteiger partial charge in [0, 0.05) is 24.9 Å². The van der Waals surface area contributed by atoms with E-state index in [2.05, 4.69) is 15.2 Å². The minimum atomic E-state index is 0.129. The van der Waals surface area contributed by atoms with Crippen molar-refractivity contribution in [3.63, 3.8) is 0 Å². The summed E-state index contributed by atoms with van der Waals surface area (Å²) >= 11 is 0. The Labute approximate surface area is 139 Å². The van der Waals surface area contributed by atoms with Gasteiger partial charge in [0.05, 0.1) is 18.1 Å². The number of ether oxygens (including phenoxy) is 1. The molecule has 122 valence electrons. The first-order chi connectivity index (χ1) is 11.8. The van der Waals surface area contributed by atoms with Crippen LogP contribution < -0.4 is 9.64 Å². The zero-order chi connectivity index (χ0) is 16.1. The quantitative estimate of drug-likeness (QED) is 0.741. The Bertz CT molecular complexity index is 849. The predicted octanol–water partition coefficient (Wildman–Crippen LogP) is 2.57. The Morgan fingerprint density at radius 3 is 2.88 bits per heavy atom. The molecule has 6 nitrogen and oxygen atoms in total. The van der Waals surface area contributed by atoms with Gasteiger partial charge in [-0.05, 0) is 43.2 Å². The summed E-state index contributed by atoms with van der Waals surface area (Å²) in [5.41, 5.74) is 4.83. The van der Waals surface area contributed by atoms with E-state index >= 15 is 0 Å². The van der Waals surface area contributed by atoms with Crippen molar-refractivity contribution in [2.75, 3.05) is 11.4 Å². The van der Waals surface area contributed by atoms with Crippen LogP contribution in [0.15, 0.2) is 12.4 Å². The summed E-state index contributed by atoms with van der Waals surface area (Å²) in [4.78, 5) is 18.2. The van der Waals surface area contributed by atoms with E-state index in [-0.39, 0.29) is 5.91 Å². The van der Waals surface area contributed by atoms with Crippen molar-refractivity contribution in [2.45, 2.75) is 44.9 Å². The van der Waals surface area contributed by atoms with Gasteiger partial charge in [0.25, 0.3) is 0 Å².